The van der Waals surface area contributed by atoms with E-state index in [0.29, 0.717) is 19.2 Å². The van der Waals surface area contributed by atoms with E-state index in [9.17, 15) is 9.18 Å². The molecule has 31 heavy (non-hydrogen) atoms. The molecular weight excluding hydrogens is 421 g/mol. The van der Waals surface area contributed by atoms with E-state index < -0.39 is 11.7 Å². The van der Waals surface area contributed by atoms with Crippen LogP contribution in [0.15, 0.2) is 53.5 Å². The Morgan fingerprint density at radius 3 is 2.61 bits per heavy atom. The summed E-state index contributed by atoms with van der Waals surface area (Å²) in [4.78, 5) is 16.9. The van der Waals surface area contributed by atoms with Crippen LogP contribution < -0.4 is 21.5 Å². The fourth-order valence-electron chi connectivity index (χ4n) is 3.66. The minimum Gasteiger partial charge on any atom is -0.381 e. The van der Waals surface area contributed by atoms with Crippen LogP contribution in [0.25, 0.3) is 0 Å². The van der Waals surface area contributed by atoms with Crippen molar-refractivity contribution in [2.24, 2.45) is 4.99 Å². The summed E-state index contributed by atoms with van der Waals surface area (Å²) in [7, 11) is 0. The molecule has 2 aliphatic heterocycles. The smallest absolute Gasteiger partial charge is 0.280 e. The van der Waals surface area contributed by atoms with Crippen LogP contribution in [0.1, 0.15) is 41.2 Å². The molecule has 2 aliphatic rings. The third-order valence-corrected chi connectivity index (χ3v) is 5.66. The minimum atomic E-state index is -0.651. The number of nitrogens with zero attached hydrogens (tertiary/aromatic N) is 1. The Morgan fingerprint density at radius 2 is 1.87 bits per heavy atom. The second-order valence-electron chi connectivity index (χ2n) is 7.61. The summed E-state index contributed by atoms with van der Waals surface area (Å²) in [6.07, 6.45) is 2.23. The van der Waals surface area contributed by atoms with Gasteiger partial charge in [-0.2, -0.15) is 4.99 Å². The number of ether oxygens (including phenoxy) is 1. The monoisotopic (exact) mass is 445 g/mol. The Kier molecular flexibility index (Phi) is 7.14. The van der Waals surface area contributed by atoms with Gasteiger partial charge in [0.25, 0.3) is 5.91 Å². The number of guanidine groups is 1. The van der Waals surface area contributed by atoms with Crippen molar-refractivity contribution in [3.05, 3.63) is 70.5 Å². The number of benzene rings is 2. The zero-order valence-corrected chi connectivity index (χ0v) is 17.7. The highest BCUT2D eigenvalue weighted by molar-refractivity contribution is 6.30. The quantitative estimate of drug-likeness (QED) is 0.427. The van der Waals surface area contributed by atoms with Gasteiger partial charge in [0, 0.05) is 37.3 Å². The van der Waals surface area contributed by atoms with E-state index in [1.165, 1.54) is 17.7 Å². The number of carbonyl (C=O) groups is 1. The summed E-state index contributed by atoms with van der Waals surface area (Å²) < 4.78 is 19.2. The molecule has 0 aliphatic carbocycles. The molecule has 2 unspecified atom stereocenters. The lowest BCUT2D eigenvalue weighted by Gasteiger charge is -2.26. The molecule has 4 rings (SSSR count). The lowest BCUT2D eigenvalue weighted by Crippen LogP contribution is -2.52. The van der Waals surface area contributed by atoms with Crippen molar-refractivity contribution in [1.82, 2.24) is 21.5 Å². The molecule has 164 valence electrons. The van der Waals surface area contributed by atoms with Crippen LogP contribution in [0.3, 0.4) is 0 Å². The van der Waals surface area contributed by atoms with Crippen molar-refractivity contribution < 1.29 is 13.9 Å². The van der Waals surface area contributed by atoms with Gasteiger partial charge >= 0.3 is 0 Å². The Labute approximate surface area is 185 Å². The molecule has 4 N–H and O–H groups in total. The Hall–Kier alpha value is -2.52. The maximum atomic E-state index is 13.8. The summed E-state index contributed by atoms with van der Waals surface area (Å²) >= 11 is 5.72. The van der Waals surface area contributed by atoms with Gasteiger partial charge in [-0.3, -0.25) is 4.79 Å². The van der Waals surface area contributed by atoms with Gasteiger partial charge in [-0.05, 0) is 36.6 Å². The number of carbonyl (C=O) groups excluding carboxylic acids is 1. The van der Waals surface area contributed by atoms with Crippen molar-refractivity contribution >= 4 is 23.5 Å². The molecule has 9 heteroatoms. The second kappa shape index (κ2) is 10.2. The molecule has 2 atom stereocenters. The predicted molar refractivity (Wildman–Crippen MR) is 117 cm³/mol. The Balaban J connectivity index is 1.47. The third kappa shape index (κ3) is 5.80. The van der Waals surface area contributed by atoms with Gasteiger partial charge < -0.3 is 15.4 Å². The topological polar surface area (TPSA) is 86.8 Å². The third-order valence-electron chi connectivity index (χ3n) is 5.36. The fraction of sp³-hybridized carbons (Fsp3) is 0.364. The lowest BCUT2D eigenvalue weighted by molar-refractivity contribution is 0.0821. The maximum Gasteiger partial charge on any atom is 0.280 e. The van der Waals surface area contributed by atoms with E-state index in [0.717, 1.165) is 25.3 Å². The van der Waals surface area contributed by atoms with Gasteiger partial charge in [-0.1, -0.05) is 41.9 Å². The number of rotatable bonds is 4. The summed E-state index contributed by atoms with van der Waals surface area (Å²) in [6.45, 7) is 1.31. The number of hydrogen-bond donors (Lipinski definition) is 4. The molecule has 0 saturated carbocycles. The van der Waals surface area contributed by atoms with Gasteiger partial charge in [0.2, 0.25) is 5.96 Å². The zero-order chi connectivity index (χ0) is 21.6. The number of hydrazine groups is 1. The number of hydrogen-bond acceptors (Lipinski definition) is 4. The highest BCUT2D eigenvalue weighted by atomic mass is 35.5. The molecule has 0 spiro atoms. The van der Waals surface area contributed by atoms with E-state index >= 15 is 0 Å². The zero-order valence-electron chi connectivity index (χ0n) is 16.9. The van der Waals surface area contributed by atoms with Crippen molar-refractivity contribution in [3.8, 4) is 0 Å². The molecule has 1 amide bonds. The molecule has 2 aromatic rings. The number of nitrogens with one attached hydrogen (secondary N) is 4. The van der Waals surface area contributed by atoms with E-state index in [1.807, 2.05) is 18.2 Å². The standard InChI is InChI=1S/C22H25ClFN5O2/c23-17-7-6-15(12-18(17)24)21(30)27-22(25-16-8-10-31-11-9-16)26-20-13-19(28-29-20)14-4-2-1-3-5-14/h1-7,12,16,19-20,28-29H,8-11,13H2,(H2,25,26,27,30). The van der Waals surface area contributed by atoms with Crippen LogP contribution in [0, 0.1) is 5.82 Å². The highest BCUT2D eigenvalue weighted by Gasteiger charge is 2.26. The summed E-state index contributed by atoms with van der Waals surface area (Å²) in [6, 6.07) is 14.3. The van der Waals surface area contributed by atoms with Crippen LogP contribution in [0.5, 0.6) is 0 Å². The Morgan fingerprint density at radius 1 is 1.10 bits per heavy atom. The molecule has 0 bridgehead atoms. The van der Waals surface area contributed by atoms with Gasteiger partial charge in [-0.25, -0.2) is 15.2 Å². The van der Waals surface area contributed by atoms with Crippen molar-refractivity contribution in [1.29, 1.82) is 0 Å². The molecule has 2 heterocycles. The molecule has 0 aromatic heterocycles. The van der Waals surface area contributed by atoms with Crippen LogP contribution in [0.4, 0.5) is 4.39 Å². The SMILES string of the molecule is O=C(/N=C(/NC1CCOCC1)NC1CC(c2ccccc2)NN1)c1ccc(Cl)c(F)c1. The number of halogens is 2. The minimum absolute atomic E-state index is 0.0348. The first-order chi connectivity index (χ1) is 15.1. The first-order valence-corrected chi connectivity index (χ1v) is 10.7. The normalized spacial score (nSPS) is 22.3. The molecule has 7 nitrogen and oxygen atoms in total. The van der Waals surface area contributed by atoms with Gasteiger partial charge in [-0.15, -0.1) is 0 Å². The lowest BCUT2D eigenvalue weighted by atomic mass is 10.0. The molecule has 2 aromatic carbocycles. The second-order valence-corrected chi connectivity index (χ2v) is 8.02. The van der Waals surface area contributed by atoms with Crippen LogP contribution in [-0.4, -0.2) is 37.3 Å². The summed E-state index contributed by atoms with van der Waals surface area (Å²) in [5.74, 6) is -0.856. The molecular formula is C22H25ClFN5O2. The number of amides is 1. The van der Waals surface area contributed by atoms with Crippen LogP contribution in [-0.2, 0) is 4.74 Å². The van der Waals surface area contributed by atoms with Crippen molar-refractivity contribution in [3.63, 3.8) is 0 Å². The maximum absolute atomic E-state index is 13.8. The Bertz CT molecular complexity index is 937. The van der Waals surface area contributed by atoms with Crippen molar-refractivity contribution in [2.45, 2.75) is 37.5 Å². The average Bonchev–Trinajstić information content (AvgIpc) is 3.25. The summed E-state index contributed by atoms with van der Waals surface area (Å²) in [5.41, 5.74) is 7.78. The molecule has 2 fully saturated rings. The first-order valence-electron chi connectivity index (χ1n) is 10.3. The van der Waals surface area contributed by atoms with E-state index in [-0.39, 0.29) is 28.8 Å². The van der Waals surface area contributed by atoms with Crippen LogP contribution in [0.2, 0.25) is 5.02 Å². The van der Waals surface area contributed by atoms with Crippen LogP contribution >= 0.6 is 11.6 Å². The van der Waals surface area contributed by atoms with E-state index in [4.69, 9.17) is 16.3 Å². The fourth-order valence-corrected chi connectivity index (χ4v) is 3.77. The van der Waals surface area contributed by atoms with Gasteiger partial charge in [0.05, 0.1) is 11.2 Å². The van der Waals surface area contributed by atoms with Gasteiger partial charge in [0.1, 0.15) is 5.82 Å². The molecule has 0 radical (unpaired) electrons. The summed E-state index contributed by atoms with van der Waals surface area (Å²) in [5, 5.41) is 6.55. The highest BCUT2D eigenvalue weighted by Crippen LogP contribution is 2.21. The number of aliphatic imine (C=N–C) groups is 1. The van der Waals surface area contributed by atoms with E-state index in [1.54, 1.807) is 0 Å². The first kappa shape index (κ1) is 21.7. The average molecular weight is 446 g/mol. The van der Waals surface area contributed by atoms with Gasteiger partial charge in [0.15, 0.2) is 0 Å². The van der Waals surface area contributed by atoms with Crippen molar-refractivity contribution in [2.75, 3.05) is 13.2 Å². The molecule has 2 saturated heterocycles. The van der Waals surface area contributed by atoms with E-state index in [2.05, 4.69) is 38.6 Å². The largest absolute Gasteiger partial charge is 0.381 e. The predicted octanol–water partition coefficient (Wildman–Crippen LogP) is 2.90.